The number of hydrogen-bond acceptors (Lipinski definition) is 3. The van der Waals surface area contributed by atoms with Crippen LogP contribution in [0.1, 0.15) is 11.1 Å². The molecule has 0 aromatic heterocycles. The summed E-state index contributed by atoms with van der Waals surface area (Å²) < 4.78 is 67.1. The monoisotopic (exact) mass is 379 g/mol. The largest absolute Gasteiger partial charge is 0.573 e. The molecule has 0 radical (unpaired) electrons. The summed E-state index contributed by atoms with van der Waals surface area (Å²) >= 11 is 5.90. The summed E-state index contributed by atoms with van der Waals surface area (Å²) in [6, 6.07) is 9.33. The van der Waals surface area contributed by atoms with Gasteiger partial charge in [0.25, 0.3) is 0 Å². The van der Waals surface area contributed by atoms with E-state index in [1.54, 1.807) is 13.0 Å². The van der Waals surface area contributed by atoms with Crippen LogP contribution in [0.5, 0.6) is 5.75 Å². The Morgan fingerprint density at radius 2 is 1.88 bits per heavy atom. The standard InChI is InChI=1S/C15H13ClF3NO3S/c1-10-5-6-13(8-14(10)16)24(21,22)20-9-11-3-2-4-12(7-11)23-15(17,18)19/h2-8,20H,9H2,1H3. The molecular weight excluding hydrogens is 367 g/mol. The van der Waals surface area contributed by atoms with E-state index in [0.29, 0.717) is 10.6 Å². The van der Waals surface area contributed by atoms with Crippen molar-refractivity contribution in [3.05, 3.63) is 58.6 Å². The average Bonchev–Trinajstić information content (AvgIpc) is 2.47. The predicted octanol–water partition coefficient (Wildman–Crippen LogP) is 4.03. The van der Waals surface area contributed by atoms with Crippen LogP contribution in [-0.2, 0) is 16.6 Å². The van der Waals surface area contributed by atoms with Gasteiger partial charge in [-0.05, 0) is 42.3 Å². The normalized spacial score (nSPS) is 12.2. The van der Waals surface area contributed by atoms with E-state index in [1.807, 2.05) is 0 Å². The number of alkyl halides is 3. The minimum absolute atomic E-state index is 0.0270. The van der Waals surface area contributed by atoms with Gasteiger partial charge in [0.1, 0.15) is 5.75 Å². The number of halogens is 4. The van der Waals surface area contributed by atoms with Crippen LogP contribution < -0.4 is 9.46 Å². The van der Waals surface area contributed by atoms with Crippen LogP contribution >= 0.6 is 11.6 Å². The zero-order valence-corrected chi connectivity index (χ0v) is 14.0. The summed E-state index contributed by atoms with van der Waals surface area (Å²) in [5.74, 6) is -0.419. The van der Waals surface area contributed by atoms with Gasteiger partial charge in [-0.25, -0.2) is 13.1 Å². The second-order valence-electron chi connectivity index (χ2n) is 4.93. The Balaban J connectivity index is 2.12. The lowest BCUT2D eigenvalue weighted by molar-refractivity contribution is -0.274. The zero-order valence-electron chi connectivity index (χ0n) is 12.4. The van der Waals surface area contributed by atoms with E-state index >= 15 is 0 Å². The molecule has 0 atom stereocenters. The van der Waals surface area contributed by atoms with Gasteiger partial charge in [0, 0.05) is 11.6 Å². The number of rotatable bonds is 5. The molecule has 0 bridgehead atoms. The lowest BCUT2D eigenvalue weighted by Crippen LogP contribution is -2.23. The van der Waals surface area contributed by atoms with Crippen molar-refractivity contribution in [1.82, 2.24) is 4.72 Å². The van der Waals surface area contributed by atoms with Gasteiger partial charge in [0.05, 0.1) is 4.90 Å². The smallest absolute Gasteiger partial charge is 0.406 e. The topological polar surface area (TPSA) is 55.4 Å². The molecule has 0 spiro atoms. The molecule has 4 nitrogen and oxygen atoms in total. The summed E-state index contributed by atoms with van der Waals surface area (Å²) in [7, 11) is -3.84. The highest BCUT2D eigenvalue weighted by Gasteiger charge is 2.31. The Bertz CT molecular complexity index is 838. The van der Waals surface area contributed by atoms with Crippen molar-refractivity contribution in [3.63, 3.8) is 0 Å². The van der Waals surface area contributed by atoms with Gasteiger partial charge < -0.3 is 4.74 Å². The maximum absolute atomic E-state index is 12.2. The van der Waals surface area contributed by atoms with Gasteiger partial charge in [-0.1, -0.05) is 29.8 Å². The third-order valence-corrected chi connectivity index (χ3v) is 4.86. The van der Waals surface area contributed by atoms with Crippen molar-refractivity contribution < 1.29 is 26.3 Å². The molecule has 0 saturated heterocycles. The van der Waals surface area contributed by atoms with Crippen molar-refractivity contribution in [2.24, 2.45) is 0 Å². The van der Waals surface area contributed by atoms with Crippen LogP contribution in [0.2, 0.25) is 5.02 Å². The minimum Gasteiger partial charge on any atom is -0.406 e. The lowest BCUT2D eigenvalue weighted by atomic mass is 10.2. The average molecular weight is 380 g/mol. The highest BCUT2D eigenvalue weighted by molar-refractivity contribution is 7.89. The fourth-order valence-electron chi connectivity index (χ4n) is 1.85. The highest BCUT2D eigenvalue weighted by atomic mass is 35.5. The Labute approximate surface area is 142 Å². The first-order valence-electron chi connectivity index (χ1n) is 6.67. The van der Waals surface area contributed by atoms with Crippen LogP contribution in [0, 0.1) is 6.92 Å². The molecule has 24 heavy (non-hydrogen) atoms. The maximum atomic E-state index is 12.2. The number of nitrogens with one attached hydrogen (secondary N) is 1. The summed E-state index contributed by atoms with van der Waals surface area (Å²) in [5.41, 5.74) is 1.05. The molecule has 0 aliphatic rings. The first-order chi connectivity index (χ1) is 11.1. The van der Waals surface area contributed by atoms with E-state index < -0.39 is 22.1 Å². The molecule has 9 heteroatoms. The van der Waals surface area contributed by atoms with E-state index in [1.165, 1.54) is 24.3 Å². The summed E-state index contributed by atoms with van der Waals surface area (Å²) in [4.78, 5) is -0.0270. The molecule has 2 aromatic rings. The van der Waals surface area contributed by atoms with Crippen molar-refractivity contribution >= 4 is 21.6 Å². The molecule has 0 aliphatic carbocycles. The molecule has 0 heterocycles. The van der Waals surface area contributed by atoms with Gasteiger partial charge in [-0.2, -0.15) is 0 Å². The second-order valence-corrected chi connectivity index (χ2v) is 7.10. The van der Waals surface area contributed by atoms with E-state index in [0.717, 1.165) is 17.7 Å². The molecular formula is C15H13ClF3NO3S. The minimum atomic E-state index is -4.81. The predicted molar refractivity (Wildman–Crippen MR) is 83.3 cm³/mol. The number of hydrogen-bond donors (Lipinski definition) is 1. The van der Waals surface area contributed by atoms with E-state index in [-0.39, 0.29) is 11.4 Å². The van der Waals surface area contributed by atoms with Crippen LogP contribution in [0.15, 0.2) is 47.4 Å². The fourth-order valence-corrected chi connectivity index (χ4v) is 3.14. The first kappa shape index (κ1) is 18.6. The quantitative estimate of drug-likeness (QED) is 0.853. The zero-order chi connectivity index (χ0) is 18.0. The van der Waals surface area contributed by atoms with E-state index in [4.69, 9.17) is 11.6 Å². The molecule has 2 aromatic carbocycles. The molecule has 0 unspecified atom stereocenters. The van der Waals surface area contributed by atoms with Crippen LogP contribution in [-0.4, -0.2) is 14.8 Å². The SMILES string of the molecule is Cc1ccc(S(=O)(=O)NCc2cccc(OC(F)(F)F)c2)cc1Cl. The van der Waals surface area contributed by atoms with Crippen LogP contribution in [0.4, 0.5) is 13.2 Å². The number of ether oxygens (including phenoxy) is 1. The van der Waals surface area contributed by atoms with E-state index in [2.05, 4.69) is 9.46 Å². The van der Waals surface area contributed by atoms with Gasteiger partial charge in [0.2, 0.25) is 10.0 Å². The molecule has 0 aliphatic heterocycles. The van der Waals surface area contributed by atoms with Crippen molar-refractivity contribution in [2.45, 2.75) is 24.7 Å². The number of benzene rings is 2. The van der Waals surface area contributed by atoms with Gasteiger partial charge >= 0.3 is 6.36 Å². The Hall–Kier alpha value is -1.77. The highest BCUT2D eigenvalue weighted by Crippen LogP contribution is 2.24. The summed E-state index contributed by atoms with van der Waals surface area (Å²) in [5, 5.41) is 0.304. The van der Waals surface area contributed by atoms with Gasteiger partial charge in [-0.3, -0.25) is 0 Å². The van der Waals surface area contributed by atoms with Crippen molar-refractivity contribution in [1.29, 1.82) is 0 Å². The number of sulfonamides is 1. The Morgan fingerprint density at radius 3 is 2.50 bits per heavy atom. The lowest BCUT2D eigenvalue weighted by Gasteiger charge is -2.11. The van der Waals surface area contributed by atoms with Gasteiger partial charge in [-0.15, -0.1) is 13.2 Å². The third kappa shape index (κ3) is 5.12. The fraction of sp³-hybridized carbons (Fsp3) is 0.200. The van der Waals surface area contributed by atoms with Crippen molar-refractivity contribution in [3.8, 4) is 5.75 Å². The molecule has 2 rings (SSSR count). The first-order valence-corrected chi connectivity index (χ1v) is 8.53. The maximum Gasteiger partial charge on any atom is 0.573 e. The summed E-state index contributed by atoms with van der Waals surface area (Å²) in [6.45, 7) is 1.54. The Morgan fingerprint density at radius 1 is 1.17 bits per heavy atom. The summed E-state index contributed by atoms with van der Waals surface area (Å²) in [6.07, 6.45) is -4.81. The molecule has 130 valence electrons. The second kappa shape index (κ2) is 7.00. The Kier molecular flexibility index (Phi) is 5.42. The van der Waals surface area contributed by atoms with E-state index in [9.17, 15) is 21.6 Å². The van der Waals surface area contributed by atoms with Crippen LogP contribution in [0.3, 0.4) is 0 Å². The third-order valence-electron chi connectivity index (χ3n) is 3.05. The van der Waals surface area contributed by atoms with Crippen LogP contribution in [0.25, 0.3) is 0 Å². The molecule has 0 fully saturated rings. The van der Waals surface area contributed by atoms with Gasteiger partial charge in [0.15, 0.2) is 0 Å². The number of aryl methyl sites for hydroxylation is 1. The molecule has 0 amide bonds. The van der Waals surface area contributed by atoms with Crippen molar-refractivity contribution in [2.75, 3.05) is 0 Å². The molecule has 0 saturated carbocycles. The molecule has 1 N–H and O–H groups in total.